The van der Waals surface area contributed by atoms with Gasteiger partial charge in [0, 0.05) is 19.1 Å². The molecular formula is C17H26N2O4S. The van der Waals surface area contributed by atoms with Crippen LogP contribution in [0, 0.1) is 13.8 Å². The number of carbonyl (C=O) groups is 1. The smallest absolute Gasteiger partial charge is 0.407 e. The highest BCUT2D eigenvalue weighted by atomic mass is 32.2. The van der Waals surface area contributed by atoms with Crippen molar-refractivity contribution in [1.29, 1.82) is 0 Å². The summed E-state index contributed by atoms with van der Waals surface area (Å²) < 4.78 is 32.2. The van der Waals surface area contributed by atoms with Crippen LogP contribution in [0.2, 0.25) is 0 Å². The summed E-state index contributed by atoms with van der Waals surface area (Å²) in [6.07, 6.45) is 0.0571. The van der Waals surface area contributed by atoms with Gasteiger partial charge < -0.3 is 10.1 Å². The Morgan fingerprint density at radius 3 is 2.33 bits per heavy atom. The minimum absolute atomic E-state index is 0.236. The fraction of sp³-hybridized carbons (Fsp3) is 0.588. The van der Waals surface area contributed by atoms with Crippen molar-refractivity contribution in [2.24, 2.45) is 0 Å². The van der Waals surface area contributed by atoms with Crippen molar-refractivity contribution in [1.82, 2.24) is 9.62 Å². The summed E-state index contributed by atoms with van der Waals surface area (Å²) in [7, 11) is -3.55. The standard InChI is InChI=1S/C17H26N2O4S/c1-12-8-13(2)10-15(9-12)24(21,22)19-7-6-14(11-19)18-16(20)23-17(3,4)5/h8-10,14H,6-7,11H2,1-5H3,(H,18,20)/t14-/m1/s1. The van der Waals surface area contributed by atoms with E-state index in [2.05, 4.69) is 5.32 Å². The summed E-state index contributed by atoms with van der Waals surface area (Å²) in [4.78, 5) is 12.1. The Kier molecular flexibility index (Phi) is 5.25. The van der Waals surface area contributed by atoms with E-state index in [1.807, 2.05) is 19.9 Å². The largest absolute Gasteiger partial charge is 0.444 e. The molecule has 0 radical (unpaired) electrons. The second-order valence-corrected chi connectivity index (χ2v) is 9.26. The summed E-state index contributed by atoms with van der Waals surface area (Å²) in [5.74, 6) is 0. The molecule has 6 nitrogen and oxygen atoms in total. The maximum atomic E-state index is 12.8. The number of hydrogen-bond acceptors (Lipinski definition) is 4. The molecule has 0 aliphatic carbocycles. The van der Waals surface area contributed by atoms with E-state index in [1.54, 1.807) is 32.9 Å². The molecule has 1 heterocycles. The van der Waals surface area contributed by atoms with Crippen molar-refractivity contribution in [2.45, 2.75) is 57.6 Å². The molecule has 1 aliphatic rings. The third-order valence-electron chi connectivity index (χ3n) is 3.70. The van der Waals surface area contributed by atoms with Crippen molar-refractivity contribution < 1.29 is 17.9 Å². The topological polar surface area (TPSA) is 75.7 Å². The number of hydrogen-bond donors (Lipinski definition) is 1. The lowest BCUT2D eigenvalue weighted by molar-refractivity contribution is 0.0507. The van der Waals surface area contributed by atoms with Gasteiger partial charge in [-0.05, 0) is 64.3 Å². The molecule has 24 heavy (non-hydrogen) atoms. The van der Waals surface area contributed by atoms with Crippen LogP contribution in [0.5, 0.6) is 0 Å². The lowest BCUT2D eigenvalue weighted by atomic mass is 10.2. The fourth-order valence-electron chi connectivity index (χ4n) is 2.77. The Morgan fingerprint density at radius 2 is 1.79 bits per heavy atom. The van der Waals surface area contributed by atoms with Crippen molar-refractivity contribution in [3.05, 3.63) is 29.3 Å². The summed E-state index contributed by atoms with van der Waals surface area (Å²) in [5, 5.41) is 2.74. The van der Waals surface area contributed by atoms with E-state index < -0.39 is 21.7 Å². The SMILES string of the molecule is Cc1cc(C)cc(S(=O)(=O)N2CC[C@@H](NC(=O)OC(C)(C)C)C2)c1. The van der Waals surface area contributed by atoms with Crippen molar-refractivity contribution >= 4 is 16.1 Å². The van der Waals surface area contributed by atoms with Crippen LogP contribution in [-0.2, 0) is 14.8 Å². The molecule has 0 saturated carbocycles. The van der Waals surface area contributed by atoms with Crippen molar-refractivity contribution in [3.8, 4) is 0 Å². The van der Waals surface area contributed by atoms with Crippen LogP contribution < -0.4 is 5.32 Å². The molecule has 1 aliphatic heterocycles. The van der Waals surface area contributed by atoms with Crippen LogP contribution in [0.3, 0.4) is 0 Å². The summed E-state index contributed by atoms with van der Waals surface area (Å²) in [5.41, 5.74) is 1.25. The number of ether oxygens (including phenoxy) is 1. The molecule has 0 spiro atoms. The van der Waals surface area contributed by atoms with E-state index in [1.165, 1.54) is 4.31 Å². The van der Waals surface area contributed by atoms with Crippen molar-refractivity contribution in [2.75, 3.05) is 13.1 Å². The van der Waals surface area contributed by atoms with Crippen LogP contribution in [0.1, 0.15) is 38.3 Å². The number of aryl methyl sites for hydroxylation is 2. The monoisotopic (exact) mass is 354 g/mol. The number of carbonyl (C=O) groups excluding carboxylic acids is 1. The first-order chi connectivity index (χ1) is 11.0. The molecule has 2 rings (SSSR count). The second-order valence-electron chi connectivity index (χ2n) is 7.32. The fourth-order valence-corrected chi connectivity index (χ4v) is 4.46. The third-order valence-corrected chi connectivity index (χ3v) is 5.55. The van der Waals surface area contributed by atoms with E-state index in [0.717, 1.165) is 11.1 Å². The van der Waals surface area contributed by atoms with E-state index in [-0.39, 0.29) is 12.6 Å². The van der Waals surface area contributed by atoms with Gasteiger partial charge >= 0.3 is 6.09 Å². The molecule has 1 amide bonds. The molecule has 1 saturated heterocycles. The average Bonchev–Trinajstić information content (AvgIpc) is 2.84. The van der Waals surface area contributed by atoms with Crippen LogP contribution in [0.25, 0.3) is 0 Å². The Bertz CT molecular complexity index is 702. The molecule has 0 unspecified atom stereocenters. The maximum Gasteiger partial charge on any atom is 0.407 e. The summed E-state index contributed by atoms with van der Waals surface area (Å²) in [6.45, 7) is 9.77. The molecule has 0 bridgehead atoms. The molecular weight excluding hydrogens is 328 g/mol. The molecule has 1 atom stereocenters. The molecule has 134 valence electrons. The van der Waals surface area contributed by atoms with Gasteiger partial charge in [-0.2, -0.15) is 4.31 Å². The summed E-state index contributed by atoms with van der Waals surface area (Å²) >= 11 is 0. The Labute approximate surface area is 144 Å². The van der Waals surface area contributed by atoms with E-state index in [0.29, 0.717) is 17.9 Å². The molecule has 0 aromatic heterocycles. The maximum absolute atomic E-state index is 12.8. The Morgan fingerprint density at radius 1 is 1.21 bits per heavy atom. The molecule has 1 fully saturated rings. The number of nitrogens with one attached hydrogen (secondary N) is 1. The number of benzene rings is 1. The first kappa shape index (κ1) is 18.7. The van der Waals surface area contributed by atoms with Gasteiger partial charge in [-0.15, -0.1) is 0 Å². The van der Waals surface area contributed by atoms with Gasteiger partial charge in [-0.25, -0.2) is 13.2 Å². The lowest BCUT2D eigenvalue weighted by Crippen LogP contribution is -2.41. The first-order valence-corrected chi connectivity index (χ1v) is 9.49. The van der Waals surface area contributed by atoms with E-state index >= 15 is 0 Å². The van der Waals surface area contributed by atoms with Crippen LogP contribution in [0.4, 0.5) is 4.79 Å². The number of rotatable bonds is 3. The predicted octanol–water partition coefficient (Wildman–Crippen LogP) is 2.59. The first-order valence-electron chi connectivity index (χ1n) is 8.05. The molecule has 1 aromatic rings. The zero-order valence-corrected chi connectivity index (χ0v) is 15.7. The van der Waals surface area contributed by atoms with Gasteiger partial charge in [0.05, 0.1) is 4.90 Å². The van der Waals surface area contributed by atoms with Gasteiger partial charge in [-0.1, -0.05) is 6.07 Å². The highest BCUT2D eigenvalue weighted by Crippen LogP contribution is 2.23. The van der Waals surface area contributed by atoms with Gasteiger partial charge in [0.15, 0.2) is 0 Å². The van der Waals surface area contributed by atoms with Crippen LogP contribution in [0.15, 0.2) is 23.1 Å². The average molecular weight is 354 g/mol. The van der Waals surface area contributed by atoms with Gasteiger partial charge in [0.25, 0.3) is 0 Å². The lowest BCUT2D eigenvalue weighted by Gasteiger charge is -2.22. The second kappa shape index (κ2) is 6.72. The quantitative estimate of drug-likeness (QED) is 0.905. The predicted molar refractivity (Wildman–Crippen MR) is 92.4 cm³/mol. The normalized spacial score (nSPS) is 19.3. The van der Waals surface area contributed by atoms with Gasteiger partial charge in [0.2, 0.25) is 10.0 Å². The minimum Gasteiger partial charge on any atom is -0.444 e. The van der Waals surface area contributed by atoms with E-state index in [4.69, 9.17) is 4.74 Å². The Hall–Kier alpha value is -1.60. The van der Waals surface area contributed by atoms with E-state index in [9.17, 15) is 13.2 Å². The highest BCUT2D eigenvalue weighted by molar-refractivity contribution is 7.89. The molecule has 1 N–H and O–H groups in total. The van der Waals surface area contributed by atoms with Crippen LogP contribution in [-0.4, -0.2) is 43.5 Å². The zero-order valence-electron chi connectivity index (χ0n) is 14.9. The molecule has 7 heteroatoms. The minimum atomic E-state index is -3.55. The Balaban J connectivity index is 2.05. The highest BCUT2D eigenvalue weighted by Gasteiger charge is 2.34. The number of nitrogens with zero attached hydrogens (tertiary/aromatic N) is 1. The molecule has 1 aromatic carbocycles. The number of alkyl carbamates (subject to hydrolysis) is 1. The summed E-state index contributed by atoms with van der Waals surface area (Å²) in [6, 6.07) is 5.06. The van der Waals surface area contributed by atoms with Crippen LogP contribution >= 0.6 is 0 Å². The number of amides is 1. The zero-order chi connectivity index (χ0) is 18.1. The van der Waals surface area contributed by atoms with Gasteiger partial charge in [0.1, 0.15) is 5.60 Å². The van der Waals surface area contributed by atoms with Crippen molar-refractivity contribution in [3.63, 3.8) is 0 Å². The number of sulfonamides is 1. The van der Waals surface area contributed by atoms with Gasteiger partial charge in [-0.3, -0.25) is 0 Å². The third kappa shape index (κ3) is 4.70.